The van der Waals surface area contributed by atoms with Crippen molar-refractivity contribution in [2.24, 2.45) is 0 Å². The molecule has 0 aliphatic rings. The molecule has 102 valence electrons. The van der Waals surface area contributed by atoms with E-state index in [-0.39, 0.29) is 19.0 Å². The summed E-state index contributed by atoms with van der Waals surface area (Å²) in [5.74, 6) is 0.198. The number of rotatable bonds is 6. The van der Waals surface area contributed by atoms with E-state index in [4.69, 9.17) is 11.6 Å². The van der Waals surface area contributed by atoms with Crippen molar-refractivity contribution in [3.63, 3.8) is 0 Å². The van der Waals surface area contributed by atoms with Crippen LogP contribution >= 0.6 is 11.6 Å². The topological polar surface area (TPSA) is 3.24 Å². The van der Waals surface area contributed by atoms with Crippen molar-refractivity contribution in [3.05, 3.63) is 35.4 Å². The van der Waals surface area contributed by atoms with E-state index in [0.29, 0.717) is 0 Å². The minimum Gasteiger partial charge on any atom is -0.290 e. The van der Waals surface area contributed by atoms with Crippen LogP contribution in [0, 0.1) is 0 Å². The first-order valence-corrected chi connectivity index (χ1v) is 6.41. The highest BCUT2D eigenvalue weighted by Crippen LogP contribution is 2.18. The molecule has 0 aromatic heterocycles. The summed E-state index contributed by atoms with van der Waals surface area (Å²) in [6.07, 6.45) is -3.26. The Morgan fingerprint density at radius 1 is 1.11 bits per heavy atom. The summed E-state index contributed by atoms with van der Waals surface area (Å²) in [5, 5.41) is 0. The summed E-state index contributed by atoms with van der Waals surface area (Å²) in [7, 11) is 0. The first-order chi connectivity index (χ1) is 8.44. The summed E-state index contributed by atoms with van der Waals surface area (Å²) in [5.41, 5.74) is 2.06. The number of alkyl halides is 4. The largest absolute Gasteiger partial charge is 0.401 e. The van der Waals surface area contributed by atoms with Gasteiger partial charge in [-0.3, -0.25) is 4.90 Å². The first-order valence-electron chi connectivity index (χ1n) is 5.87. The second kappa shape index (κ2) is 7.00. The van der Waals surface area contributed by atoms with Crippen molar-refractivity contribution in [1.82, 2.24) is 4.90 Å². The second-order valence-corrected chi connectivity index (χ2v) is 4.56. The van der Waals surface area contributed by atoms with Gasteiger partial charge in [0.2, 0.25) is 0 Å². The third-order valence-electron chi connectivity index (χ3n) is 2.64. The van der Waals surface area contributed by atoms with Crippen LogP contribution in [-0.2, 0) is 13.0 Å². The number of nitrogens with zero attached hydrogens (tertiary/aromatic N) is 1. The number of hydrogen-bond acceptors (Lipinski definition) is 1. The maximum atomic E-state index is 12.4. The standard InChI is InChI=1S/C13H17ClF3N/c1-2-11-3-5-12(6-4-11)9-18(8-7-14)10-13(15,16)17/h3-6H,2,7-10H2,1H3. The Kier molecular flexibility index (Phi) is 5.96. The summed E-state index contributed by atoms with van der Waals surface area (Å²) in [6, 6.07) is 7.64. The zero-order valence-corrected chi connectivity index (χ0v) is 11.1. The Balaban J connectivity index is 2.64. The lowest BCUT2D eigenvalue weighted by atomic mass is 10.1. The summed E-state index contributed by atoms with van der Waals surface area (Å²) in [6.45, 7) is 1.63. The van der Waals surface area contributed by atoms with Crippen LogP contribution in [-0.4, -0.2) is 30.0 Å². The lowest BCUT2D eigenvalue weighted by Crippen LogP contribution is -2.35. The van der Waals surface area contributed by atoms with Gasteiger partial charge in [-0.2, -0.15) is 13.2 Å². The van der Waals surface area contributed by atoms with Crippen molar-refractivity contribution in [2.45, 2.75) is 26.1 Å². The Morgan fingerprint density at radius 2 is 1.67 bits per heavy atom. The quantitative estimate of drug-likeness (QED) is 0.715. The molecule has 0 aliphatic carbocycles. The zero-order chi connectivity index (χ0) is 13.6. The molecule has 0 saturated carbocycles. The molecule has 0 bridgehead atoms. The fourth-order valence-corrected chi connectivity index (χ4v) is 1.96. The fraction of sp³-hybridized carbons (Fsp3) is 0.538. The molecule has 1 rings (SSSR count). The molecule has 0 saturated heterocycles. The van der Waals surface area contributed by atoms with Crippen molar-refractivity contribution in [3.8, 4) is 0 Å². The number of hydrogen-bond donors (Lipinski definition) is 0. The number of halogens is 4. The van der Waals surface area contributed by atoms with Crippen molar-refractivity contribution < 1.29 is 13.2 Å². The van der Waals surface area contributed by atoms with E-state index in [1.807, 2.05) is 31.2 Å². The monoisotopic (exact) mass is 279 g/mol. The van der Waals surface area contributed by atoms with E-state index in [1.165, 1.54) is 10.5 Å². The van der Waals surface area contributed by atoms with Crippen LogP contribution in [0.3, 0.4) is 0 Å². The van der Waals surface area contributed by atoms with Gasteiger partial charge >= 0.3 is 6.18 Å². The maximum absolute atomic E-state index is 12.4. The van der Waals surface area contributed by atoms with Gasteiger partial charge in [-0.25, -0.2) is 0 Å². The van der Waals surface area contributed by atoms with Gasteiger partial charge < -0.3 is 0 Å². The van der Waals surface area contributed by atoms with Crippen LogP contribution in [0.25, 0.3) is 0 Å². The fourth-order valence-electron chi connectivity index (χ4n) is 1.73. The maximum Gasteiger partial charge on any atom is 0.401 e. The Labute approximate surface area is 111 Å². The normalized spacial score (nSPS) is 12.1. The molecule has 0 amide bonds. The summed E-state index contributed by atoms with van der Waals surface area (Å²) in [4.78, 5) is 1.31. The van der Waals surface area contributed by atoms with Gasteiger partial charge in [0.15, 0.2) is 0 Å². The Hall–Kier alpha value is -0.740. The van der Waals surface area contributed by atoms with Crippen LogP contribution in [0.5, 0.6) is 0 Å². The van der Waals surface area contributed by atoms with Gasteiger partial charge in [-0.05, 0) is 17.5 Å². The van der Waals surface area contributed by atoms with Gasteiger partial charge in [0.05, 0.1) is 6.54 Å². The molecule has 0 spiro atoms. The van der Waals surface area contributed by atoms with Crippen LogP contribution in [0.4, 0.5) is 13.2 Å². The van der Waals surface area contributed by atoms with Crippen LogP contribution in [0.2, 0.25) is 0 Å². The SMILES string of the molecule is CCc1ccc(CN(CCCl)CC(F)(F)F)cc1. The smallest absolute Gasteiger partial charge is 0.290 e. The van der Waals surface area contributed by atoms with Gasteiger partial charge in [0.25, 0.3) is 0 Å². The molecule has 5 heteroatoms. The molecule has 0 heterocycles. The molecule has 1 aromatic carbocycles. The van der Waals surface area contributed by atoms with Gasteiger partial charge in [0, 0.05) is 19.0 Å². The van der Waals surface area contributed by atoms with E-state index in [0.717, 1.165) is 12.0 Å². The molecule has 18 heavy (non-hydrogen) atoms. The van der Waals surface area contributed by atoms with E-state index in [9.17, 15) is 13.2 Å². The average Bonchev–Trinajstić information content (AvgIpc) is 2.28. The molecule has 0 radical (unpaired) electrons. The minimum atomic E-state index is -4.19. The van der Waals surface area contributed by atoms with Gasteiger partial charge in [-0.1, -0.05) is 31.2 Å². The molecular weight excluding hydrogens is 263 g/mol. The number of benzene rings is 1. The Morgan fingerprint density at radius 3 is 2.11 bits per heavy atom. The van der Waals surface area contributed by atoms with Crippen LogP contribution < -0.4 is 0 Å². The third-order valence-corrected chi connectivity index (χ3v) is 2.81. The highest BCUT2D eigenvalue weighted by atomic mass is 35.5. The second-order valence-electron chi connectivity index (χ2n) is 4.18. The molecule has 0 N–H and O–H groups in total. The molecule has 0 unspecified atom stereocenters. The molecule has 1 aromatic rings. The molecule has 0 aliphatic heterocycles. The first kappa shape index (κ1) is 15.3. The molecular formula is C13H17ClF3N. The predicted octanol–water partition coefficient (Wildman–Crippen LogP) is 3.85. The lowest BCUT2D eigenvalue weighted by Gasteiger charge is -2.22. The summed E-state index contributed by atoms with van der Waals surface area (Å²) >= 11 is 5.53. The average molecular weight is 280 g/mol. The highest BCUT2D eigenvalue weighted by Gasteiger charge is 2.30. The van der Waals surface area contributed by atoms with Crippen molar-refractivity contribution in [1.29, 1.82) is 0 Å². The zero-order valence-electron chi connectivity index (χ0n) is 10.3. The molecule has 1 nitrogen and oxygen atoms in total. The molecule has 0 atom stereocenters. The third kappa shape index (κ3) is 5.74. The van der Waals surface area contributed by atoms with Gasteiger partial charge in [-0.15, -0.1) is 11.6 Å². The highest BCUT2D eigenvalue weighted by molar-refractivity contribution is 6.18. The van der Waals surface area contributed by atoms with E-state index >= 15 is 0 Å². The predicted molar refractivity (Wildman–Crippen MR) is 67.9 cm³/mol. The number of aryl methyl sites for hydroxylation is 1. The van der Waals surface area contributed by atoms with Crippen molar-refractivity contribution >= 4 is 11.6 Å². The van der Waals surface area contributed by atoms with Crippen LogP contribution in [0.1, 0.15) is 18.1 Å². The summed E-state index contributed by atoms with van der Waals surface area (Å²) < 4.78 is 37.1. The Bertz CT molecular complexity index is 348. The minimum absolute atomic E-state index is 0.198. The van der Waals surface area contributed by atoms with E-state index in [2.05, 4.69) is 0 Å². The van der Waals surface area contributed by atoms with Gasteiger partial charge in [0.1, 0.15) is 0 Å². The lowest BCUT2D eigenvalue weighted by molar-refractivity contribution is -0.146. The van der Waals surface area contributed by atoms with E-state index < -0.39 is 12.7 Å². The van der Waals surface area contributed by atoms with Crippen molar-refractivity contribution in [2.75, 3.05) is 19.0 Å². The van der Waals surface area contributed by atoms with E-state index in [1.54, 1.807) is 0 Å². The van der Waals surface area contributed by atoms with Crippen LogP contribution in [0.15, 0.2) is 24.3 Å². The molecule has 0 fully saturated rings.